The molecular weight excluding hydrogens is 436 g/mol. The number of benzene rings is 2. The molecule has 0 saturated heterocycles. The fraction of sp³-hybridized carbons (Fsp3) is 0.160. The Balaban J connectivity index is 1.52. The van der Waals surface area contributed by atoms with Crippen LogP contribution in [0.3, 0.4) is 0 Å². The predicted molar refractivity (Wildman–Crippen MR) is 132 cm³/mol. The molecular formula is C25H22N4OS2. The Morgan fingerprint density at radius 1 is 1.09 bits per heavy atom. The van der Waals surface area contributed by atoms with Crippen molar-refractivity contribution in [1.82, 2.24) is 14.5 Å². The van der Waals surface area contributed by atoms with E-state index >= 15 is 0 Å². The number of anilines is 2. The second-order valence-electron chi connectivity index (χ2n) is 7.58. The van der Waals surface area contributed by atoms with Gasteiger partial charge in [-0.25, -0.2) is 9.97 Å². The van der Waals surface area contributed by atoms with Crippen LogP contribution in [0.2, 0.25) is 0 Å². The third-order valence-electron chi connectivity index (χ3n) is 5.59. The van der Waals surface area contributed by atoms with Gasteiger partial charge in [-0.2, -0.15) is 0 Å². The Kier molecular flexibility index (Phi) is 5.59. The van der Waals surface area contributed by atoms with Crippen molar-refractivity contribution < 1.29 is 4.79 Å². The van der Waals surface area contributed by atoms with E-state index < -0.39 is 5.54 Å². The van der Waals surface area contributed by atoms with Crippen molar-refractivity contribution in [2.45, 2.75) is 25.3 Å². The van der Waals surface area contributed by atoms with Gasteiger partial charge in [0.2, 0.25) is 5.78 Å². The Bertz CT molecular complexity index is 1290. The van der Waals surface area contributed by atoms with Crippen molar-refractivity contribution in [1.29, 1.82) is 0 Å². The average molecular weight is 459 g/mol. The van der Waals surface area contributed by atoms with Gasteiger partial charge in [0.15, 0.2) is 5.13 Å². The lowest BCUT2D eigenvalue weighted by Gasteiger charge is -2.34. The molecule has 7 heteroatoms. The molecule has 0 amide bonds. The van der Waals surface area contributed by atoms with E-state index in [1.165, 1.54) is 11.3 Å². The van der Waals surface area contributed by atoms with Crippen LogP contribution >= 0.6 is 22.7 Å². The Morgan fingerprint density at radius 2 is 1.94 bits per heavy atom. The molecule has 1 N–H and O–H groups in total. The largest absolute Gasteiger partial charge is 0.332 e. The van der Waals surface area contributed by atoms with Gasteiger partial charge in [-0.1, -0.05) is 55.0 Å². The summed E-state index contributed by atoms with van der Waals surface area (Å²) in [5, 5.41) is 6.20. The summed E-state index contributed by atoms with van der Waals surface area (Å²) >= 11 is 3.10. The van der Waals surface area contributed by atoms with Crippen LogP contribution in [0.4, 0.5) is 10.8 Å². The average Bonchev–Trinajstić information content (AvgIpc) is 3.59. The van der Waals surface area contributed by atoms with Crippen LogP contribution in [0.5, 0.6) is 0 Å². The van der Waals surface area contributed by atoms with Crippen molar-refractivity contribution in [2.75, 3.05) is 5.32 Å². The number of Topliss-reactive ketones (excluding diaryl/α,β-unsaturated/α-hetero) is 1. The third kappa shape index (κ3) is 3.63. The Morgan fingerprint density at radius 3 is 2.62 bits per heavy atom. The molecule has 1 atom stereocenters. The van der Waals surface area contributed by atoms with E-state index in [2.05, 4.69) is 28.3 Å². The number of nitrogens with one attached hydrogen (secondary N) is 1. The van der Waals surface area contributed by atoms with Crippen LogP contribution in [0.25, 0.3) is 10.2 Å². The summed E-state index contributed by atoms with van der Waals surface area (Å²) in [6, 6.07) is 20.0. The summed E-state index contributed by atoms with van der Waals surface area (Å²) in [6.07, 6.45) is 6.91. The number of carbonyl (C=O) groups is 1. The number of ketones is 1. The number of imidazole rings is 1. The standard InChI is InChI=1S/C25H22N4OS2/c1-2-13-25(29-15-14-26-17-29,23(30)22-8-5-16-31-22)18-9-11-19(12-10-18)27-24-28-20-6-3-4-7-21(20)32-24/h3-12,14-17H,2,13H2,1H3,(H,27,28). The van der Waals surface area contributed by atoms with Gasteiger partial charge in [0.1, 0.15) is 5.54 Å². The number of thiophene rings is 1. The van der Waals surface area contributed by atoms with E-state index in [1.54, 1.807) is 23.9 Å². The predicted octanol–water partition coefficient (Wildman–Crippen LogP) is 6.72. The molecule has 2 aromatic carbocycles. The zero-order valence-electron chi connectivity index (χ0n) is 17.6. The number of rotatable bonds is 8. The van der Waals surface area contributed by atoms with E-state index in [-0.39, 0.29) is 5.78 Å². The zero-order valence-corrected chi connectivity index (χ0v) is 19.2. The zero-order chi connectivity index (χ0) is 22.0. The number of aromatic nitrogens is 3. The molecule has 0 aliphatic rings. The number of fused-ring (bicyclic) bond motifs is 1. The molecule has 0 fully saturated rings. The first-order valence-corrected chi connectivity index (χ1v) is 12.2. The topological polar surface area (TPSA) is 59.8 Å². The smallest absolute Gasteiger partial charge is 0.203 e. The van der Waals surface area contributed by atoms with Gasteiger partial charge in [0.05, 0.1) is 21.4 Å². The maximum absolute atomic E-state index is 13.8. The molecule has 5 rings (SSSR count). The summed E-state index contributed by atoms with van der Waals surface area (Å²) in [5.41, 5.74) is 2.04. The molecule has 32 heavy (non-hydrogen) atoms. The number of hydrogen-bond donors (Lipinski definition) is 1. The minimum Gasteiger partial charge on any atom is -0.332 e. The summed E-state index contributed by atoms with van der Waals surface area (Å²) in [5.74, 6) is 0.0965. The summed E-state index contributed by atoms with van der Waals surface area (Å²) in [7, 11) is 0. The van der Waals surface area contributed by atoms with Crippen molar-refractivity contribution in [3.05, 3.63) is 95.2 Å². The van der Waals surface area contributed by atoms with Crippen LogP contribution in [0, 0.1) is 0 Å². The third-order valence-corrected chi connectivity index (χ3v) is 7.41. The fourth-order valence-corrected chi connectivity index (χ4v) is 5.74. The van der Waals surface area contributed by atoms with Gasteiger partial charge in [-0.3, -0.25) is 4.79 Å². The molecule has 0 aliphatic heterocycles. The summed E-state index contributed by atoms with van der Waals surface area (Å²) in [4.78, 5) is 23.5. The number of thiazole rings is 1. The molecule has 1 unspecified atom stereocenters. The van der Waals surface area contributed by atoms with E-state index in [1.807, 2.05) is 70.7 Å². The highest BCUT2D eigenvalue weighted by atomic mass is 32.1. The SMILES string of the molecule is CCCC(C(=O)c1cccs1)(c1ccc(Nc2nc3ccccc3s2)cc1)n1ccnc1. The molecule has 0 bridgehead atoms. The lowest BCUT2D eigenvalue weighted by molar-refractivity contribution is 0.0844. The number of carbonyl (C=O) groups excluding carboxylic acids is 1. The van der Waals surface area contributed by atoms with E-state index in [4.69, 9.17) is 0 Å². The Hall–Kier alpha value is -3.29. The molecule has 0 radical (unpaired) electrons. The monoisotopic (exact) mass is 458 g/mol. The van der Waals surface area contributed by atoms with Gasteiger partial charge >= 0.3 is 0 Å². The minimum absolute atomic E-state index is 0.0965. The molecule has 5 aromatic rings. The maximum Gasteiger partial charge on any atom is 0.203 e. The Labute approximate surface area is 194 Å². The van der Waals surface area contributed by atoms with Gasteiger partial charge in [0.25, 0.3) is 0 Å². The summed E-state index contributed by atoms with van der Waals surface area (Å²) in [6.45, 7) is 2.11. The summed E-state index contributed by atoms with van der Waals surface area (Å²) < 4.78 is 3.10. The van der Waals surface area contributed by atoms with Gasteiger partial charge in [0, 0.05) is 18.1 Å². The van der Waals surface area contributed by atoms with Crippen LogP contribution in [0.15, 0.2) is 84.8 Å². The van der Waals surface area contributed by atoms with Gasteiger partial charge in [-0.15, -0.1) is 11.3 Å². The molecule has 3 heterocycles. The van der Waals surface area contributed by atoms with Crippen LogP contribution in [-0.4, -0.2) is 20.3 Å². The quantitative estimate of drug-likeness (QED) is 0.262. The first kappa shape index (κ1) is 20.6. The van der Waals surface area contributed by atoms with Crippen LogP contribution in [0.1, 0.15) is 35.0 Å². The van der Waals surface area contributed by atoms with E-state index in [0.717, 1.165) is 37.9 Å². The van der Waals surface area contributed by atoms with E-state index in [0.29, 0.717) is 6.42 Å². The van der Waals surface area contributed by atoms with Crippen LogP contribution in [-0.2, 0) is 5.54 Å². The maximum atomic E-state index is 13.8. The normalized spacial score (nSPS) is 13.2. The number of para-hydroxylation sites is 1. The second-order valence-corrected chi connectivity index (χ2v) is 9.55. The highest BCUT2D eigenvalue weighted by Gasteiger charge is 2.42. The van der Waals surface area contributed by atoms with Gasteiger partial charge in [-0.05, 0) is 47.7 Å². The molecule has 3 aromatic heterocycles. The highest BCUT2D eigenvalue weighted by molar-refractivity contribution is 7.22. The lowest BCUT2D eigenvalue weighted by atomic mass is 9.80. The van der Waals surface area contributed by atoms with Crippen molar-refractivity contribution in [3.8, 4) is 0 Å². The van der Waals surface area contributed by atoms with Crippen molar-refractivity contribution in [3.63, 3.8) is 0 Å². The van der Waals surface area contributed by atoms with Crippen molar-refractivity contribution >= 4 is 49.5 Å². The molecule has 160 valence electrons. The molecule has 0 aliphatic carbocycles. The number of nitrogens with zero attached hydrogens (tertiary/aromatic N) is 3. The number of hydrogen-bond acceptors (Lipinski definition) is 6. The molecule has 0 spiro atoms. The minimum atomic E-state index is -0.829. The van der Waals surface area contributed by atoms with E-state index in [9.17, 15) is 4.79 Å². The fourth-order valence-electron chi connectivity index (χ4n) is 4.12. The second kappa shape index (κ2) is 8.68. The lowest BCUT2D eigenvalue weighted by Crippen LogP contribution is -2.42. The highest BCUT2D eigenvalue weighted by Crippen LogP contribution is 2.37. The first-order chi connectivity index (χ1) is 15.7. The molecule has 0 saturated carbocycles. The van der Waals surface area contributed by atoms with Gasteiger partial charge < -0.3 is 9.88 Å². The first-order valence-electron chi connectivity index (χ1n) is 10.5. The van der Waals surface area contributed by atoms with Crippen molar-refractivity contribution in [2.24, 2.45) is 0 Å². The molecule has 5 nitrogen and oxygen atoms in total. The van der Waals surface area contributed by atoms with Crippen LogP contribution < -0.4 is 5.32 Å².